The Kier molecular flexibility index (Phi) is 4.77. The molecule has 1 aromatic heterocycles. The SMILES string of the molecule is O=Cc1cnc(C[C@@H]2CCN(CCC(F)F)C2)s1. The van der Waals surface area contributed by atoms with Crippen LogP contribution in [-0.2, 0) is 6.42 Å². The average Bonchev–Trinajstić information content (AvgIpc) is 2.96. The maximum Gasteiger partial charge on any atom is 0.239 e. The highest BCUT2D eigenvalue weighted by Crippen LogP contribution is 2.23. The van der Waals surface area contributed by atoms with E-state index in [-0.39, 0.29) is 6.42 Å². The van der Waals surface area contributed by atoms with Crippen LogP contribution >= 0.6 is 11.3 Å². The molecule has 2 heterocycles. The first kappa shape index (κ1) is 13.5. The van der Waals surface area contributed by atoms with E-state index in [1.54, 1.807) is 6.20 Å². The highest BCUT2D eigenvalue weighted by Gasteiger charge is 2.24. The average molecular weight is 274 g/mol. The normalized spacial score (nSPS) is 20.7. The number of nitrogens with zero attached hydrogens (tertiary/aromatic N) is 2. The monoisotopic (exact) mass is 274 g/mol. The van der Waals surface area contributed by atoms with Crippen LogP contribution in [0.1, 0.15) is 27.5 Å². The van der Waals surface area contributed by atoms with Gasteiger partial charge in [-0.15, -0.1) is 11.3 Å². The Balaban J connectivity index is 1.76. The van der Waals surface area contributed by atoms with Gasteiger partial charge >= 0.3 is 0 Å². The van der Waals surface area contributed by atoms with Crippen LogP contribution in [-0.4, -0.2) is 42.2 Å². The summed E-state index contributed by atoms with van der Waals surface area (Å²) in [7, 11) is 0. The van der Waals surface area contributed by atoms with Crippen molar-refractivity contribution >= 4 is 17.6 Å². The maximum absolute atomic E-state index is 12.1. The molecular formula is C12H16F2N2OS. The summed E-state index contributed by atoms with van der Waals surface area (Å²) in [5.74, 6) is 0.480. The molecule has 0 saturated carbocycles. The predicted molar refractivity (Wildman–Crippen MR) is 66.4 cm³/mol. The molecule has 6 heteroatoms. The molecule has 0 N–H and O–H groups in total. The number of hydrogen-bond donors (Lipinski definition) is 0. The molecule has 0 amide bonds. The predicted octanol–water partition coefficient (Wildman–Crippen LogP) is 2.48. The van der Waals surface area contributed by atoms with E-state index < -0.39 is 6.43 Å². The van der Waals surface area contributed by atoms with E-state index in [2.05, 4.69) is 9.88 Å². The van der Waals surface area contributed by atoms with Crippen LogP contribution in [0.2, 0.25) is 0 Å². The standard InChI is InChI=1S/C12H16F2N2OS/c13-11(14)2-4-16-3-1-9(7-16)5-12-15-6-10(8-17)18-12/h6,8-9,11H,1-5,7H2/t9-/m0/s1. The summed E-state index contributed by atoms with van der Waals surface area (Å²) in [4.78, 5) is 17.5. The van der Waals surface area contributed by atoms with Crippen molar-refractivity contribution in [3.63, 3.8) is 0 Å². The molecule has 1 aromatic rings. The van der Waals surface area contributed by atoms with Crippen LogP contribution in [0.5, 0.6) is 0 Å². The van der Waals surface area contributed by atoms with Gasteiger partial charge in [0.2, 0.25) is 6.43 Å². The van der Waals surface area contributed by atoms with Crippen molar-refractivity contribution in [1.29, 1.82) is 0 Å². The molecule has 0 unspecified atom stereocenters. The van der Waals surface area contributed by atoms with Gasteiger partial charge in [-0.25, -0.2) is 13.8 Å². The Hall–Kier alpha value is -0.880. The second kappa shape index (κ2) is 6.33. The molecule has 2 rings (SSSR count). The van der Waals surface area contributed by atoms with Crippen molar-refractivity contribution in [3.05, 3.63) is 16.1 Å². The first-order valence-electron chi connectivity index (χ1n) is 6.07. The maximum atomic E-state index is 12.1. The number of carbonyl (C=O) groups excluding carboxylic acids is 1. The van der Waals surface area contributed by atoms with E-state index in [1.165, 1.54) is 11.3 Å². The first-order valence-corrected chi connectivity index (χ1v) is 6.89. The number of alkyl halides is 2. The molecule has 1 fully saturated rings. The lowest BCUT2D eigenvalue weighted by Gasteiger charge is -2.15. The zero-order valence-corrected chi connectivity index (χ0v) is 10.8. The molecule has 18 heavy (non-hydrogen) atoms. The minimum absolute atomic E-state index is 0.0424. The van der Waals surface area contributed by atoms with Crippen LogP contribution in [0.3, 0.4) is 0 Å². The topological polar surface area (TPSA) is 33.2 Å². The smallest absolute Gasteiger partial charge is 0.239 e. The molecule has 0 spiro atoms. The van der Waals surface area contributed by atoms with Crippen molar-refractivity contribution < 1.29 is 13.6 Å². The molecule has 1 atom stereocenters. The van der Waals surface area contributed by atoms with Gasteiger partial charge in [-0.1, -0.05) is 0 Å². The van der Waals surface area contributed by atoms with E-state index in [0.717, 1.165) is 37.2 Å². The summed E-state index contributed by atoms with van der Waals surface area (Å²) in [6.07, 6.45) is 2.03. The number of likely N-dealkylation sites (tertiary alicyclic amines) is 1. The van der Waals surface area contributed by atoms with Crippen molar-refractivity contribution in [3.8, 4) is 0 Å². The van der Waals surface area contributed by atoms with Crippen molar-refractivity contribution in [2.24, 2.45) is 5.92 Å². The first-order chi connectivity index (χ1) is 8.67. The number of halogens is 2. The quantitative estimate of drug-likeness (QED) is 0.747. The molecular weight excluding hydrogens is 258 g/mol. The number of carbonyl (C=O) groups is 1. The van der Waals surface area contributed by atoms with Gasteiger partial charge in [0.1, 0.15) is 0 Å². The van der Waals surface area contributed by atoms with Crippen LogP contribution in [0, 0.1) is 5.92 Å². The summed E-state index contributed by atoms with van der Waals surface area (Å²) in [5, 5.41) is 0.970. The second-order valence-electron chi connectivity index (χ2n) is 4.61. The Morgan fingerprint density at radius 3 is 3.11 bits per heavy atom. The van der Waals surface area contributed by atoms with Gasteiger partial charge in [0.25, 0.3) is 0 Å². The molecule has 1 saturated heterocycles. The Labute approximate surface area is 109 Å². The van der Waals surface area contributed by atoms with Gasteiger partial charge in [-0.05, 0) is 18.9 Å². The number of hydrogen-bond acceptors (Lipinski definition) is 4. The van der Waals surface area contributed by atoms with Crippen molar-refractivity contribution in [2.75, 3.05) is 19.6 Å². The lowest BCUT2D eigenvalue weighted by atomic mass is 10.1. The summed E-state index contributed by atoms with van der Waals surface area (Å²) >= 11 is 1.42. The van der Waals surface area contributed by atoms with Gasteiger partial charge < -0.3 is 4.90 Å². The lowest BCUT2D eigenvalue weighted by Crippen LogP contribution is -2.23. The van der Waals surface area contributed by atoms with E-state index in [4.69, 9.17) is 0 Å². The minimum atomic E-state index is -2.21. The highest BCUT2D eigenvalue weighted by molar-refractivity contribution is 7.13. The van der Waals surface area contributed by atoms with Gasteiger partial charge in [-0.2, -0.15) is 0 Å². The van der Waals surface area contributed by atoms with E-state index >= 15 is 0 Å². The molecule has 100 valence electrons. The second-order valence-corrected chi connectivity index (χ2v) is 5.76. The molecule has 0 aromatic carbocycles. The number of aromatic nitrogens is 1. The van der Waals surface area contributed by atoms with Crippen molar-refractivity contribution in [1.82, 2.24) is 9.88 Å². The fraction of sp³-hybridized carbons (Fsp3) is 0.667. The van der Waals surface area contributed by atoms with Crippen molar-refractivity contribution in [2.45, 2.75) is 25.7 Å². The highest BCUT2D eigenvalue weighted by atomic mass is 32.1. The Morgan fingerprint density at radius 2 is 2.44 bits per heavy atom. The fourth-order valence-corrected chi connectivity index (χ4v) is 3.13. The summed E-state index contributed by atoms with van der Waals surface area (Å²) in [6, 6.07) is 0. The van der Waals surface area contributed by atoms with Gasteiger partial charge in [0.15, 0.2) is 6.29 Å². The van der Waals surface area contributed by atoms with Crippen LogP contribution in [0.15, 0.2) is 6.20 Å². The van der Waals surface area contributed by atoms with Crippen LogP contribution in [0.25, 0.3) is 0 Å². The zero-order chi connectivity index (χ0) is 13.0. The minimum Gasteiger partial charge on any atom is -0.303 e. The van der Waals surface area contributed by atoms with Crippen LogP contribution < -0.4 is 0 Å². The molecule has 0 bridgehead atoms. The third kappa shape index (κ3) is 3.81. The van der Waals surface area contributed by atoms with Gasteiger partial charge in [0, 0.05) is 32.1 Å². The van der Waals surface area contributed by atoms with Crippen LogP contribution in [0.4, 0.5) is 8.78 Å². The fourth-order valence-electron chi connectivity index (χ4n) is 2.28. The Morgan fingerprint density at radius 1 is 1.61 bits per heavy atom. The zero-order valence-electron chi connectivity index (χ0n) is 10.0. The molecule has 0 radical (unpaired) electrons. The van der Waals surface area contributed by atoms with E-state index in [0.29, 0.717) is 17.3 Å². The number of thiazole rings is 1. The summed E-state index contributed by atoms with van der Waals surface area (Å²) in [6.45, 7) is 2.23. The van der Waals surface area contributed by atoms with Gasteiger partial charge in [0.05, 0.1) is 9.88 Å². The largest absolute Gasteiger partial charge is 0.303 e. The summed E-state index contributed by atoms with van der Waals surface area (Å²) < 4.78 is 24.2. The molecule has 1 aliphatic heterocycles. The third-order valence-corrected chi connectivity index (χ3v) is 4.13. The van der Waals surface area contributed by atoms with E-state index in [9.17, 15) is 13.6 Å². The molecule has 3 nitrogen and oxygen atoms in total. The number of aldehydes is 1. The summed E-state index contributed by atoms with van der Waals surface area (Å²) in [5.41, 5.74) is 0. The third-order valence-electron chi connectivity index (χ3n) is 3.18. The van der Waals surface area contributed by atoms with E-state index in [1.807, 2.05) is 0 Å². The molecule has 0 aliphatic carbocycles. The lowest BCUT2D eigenvalue weighted by molar-refractivity contribution is 0.112. The number of rotatable bonds is 6. The van der Waals surface area contributed by atoms with Gasteiger partial charge in [-0.3, -0.25) is 4.79 Å². The Bertz CT molecular complexity index is 397. The molecule has 1 aliphatic rings.